The molecule has 0 bridgehead atoms. The van der Waals surface area contributed by atoms with Crippen LogP contribution in [-0.2, 0) is 18.4 Å². The third kappa shape index (κ3) is 5.46. The molecule has 3 heterocycles. The third-order valence-electron chi connectivity index (χ3n) is 5.57. The molecular formula is C25H30ClN7O. The number of hydrogen-bond donors (Lipinski definition) is 4. The first-order valence-electron chi connectivity index (χ1n) is 11.4. The van der Waals surface area contributed by atoms with Gasteiger partial charge in [0.15, 0.2) is 0 Å². The van der Waals surface area contributed by atoms with Crippen LogP contribution < -0.4 is 21.3 Å². The predicted molar refractivity (Wildman–Crippen MR) is 136 cm³/mol. The van der Waals surface area contributed by atoms with E-state index >= 15 is 0 Å². The Balaban J connectivity index is 1.66. The maximum absolute atomic E-state index is 12.7. The lowest BCUT2D eigenvalue weighted by Crippen LogP contribution is -2.24. The average molecular weight is 480 g/mol. The number of pyridine rings is 1. The molecule has 0 aliphatic carbocycles. The van der Waals surface area contributed by atoms with E-state index in [2.05, 4.69) is 63.1 Å². The normalized spacial score (nSPS) is 13.2. The summed E-state index contributed by atoms with van der Waals surface area (Å²) in [6.45, 7) is 10.4. The summed E-state index contributed by atoms with van der Waals surface area (Å²) in [6, 6.07) is 7.76. The van der Waals surface area contributed by atoms with Crippen LogP contribution >= 0.6 is 11.6 Å². The number of hydrogen-bond acceptors (Lipinski definition) is 7. The predicted octanol–water partition coefficient (Wildman–Crippen LogP) is 4.71. The number of halogens is 1. The SMILES string of the molecule is CCNC(=O)c1cnc(Nc2cc(Cl)c3c(c2)CNCC3)nc1Nc1ccnc(C(C)(C)C)c1. The Hall–Kier alpha value is -3.23. The van der Waals surface area contributed by atoms with Gasteiger partial charge in [-0.3, -0.25) is 9.78 Å². The summed E-state index contributed by atoms with van der Waals surface area (Å²) >= 11 is 6.53. The number of amides is 1. The van der Waals surface area contributed by atoms with E-state index in [4.69, 9.17) is 11.6 Å². The highest BCUT2D eigenvalue weighted by molar-refractivity contribution is 6.31. The van der Waals surface area contributed by atoms with Crippen LogP contribution in [0.15, 0.2) is 36.7 Å². The van der Waals surface area contributed by atoms with Gasteiger partial charge < -0.3 is 21.3 Å². The number of nitrogens with zero attached hydrogens (tertiary/aromatic N) is 3. The number of benzene rings is 1. The van der Waals surface area contributed by atoms with Crippen LogP contribution in [0.3, 0.4) is 0 Å². The molecule has 0 radical (unpaired) electrons. The summed E-state index contributed by atoms with van der Waals surface area (Å²) in [5, 5.41) is 13.4. The number of aromatic nitrogens is 3. The van der Waals surface area contributed by atoms with Crippen molar-refractivity contribution in [2.24, 2.45) is 0 Å². The lowest BCUT2D eigenvalue weighted by Gasteiger charge is -2.20. The van der Waals surface area contributed by atoms with Crippen LogP contribution in [0.4, 0.5) is 23.1 Å². The summed E-state index contributed by atoms with van der Waals surface area (Å²) in [7, 11) is 0. The largest absolute Gasteiger partial charge is 0.352 e. The Bertz CT molecular complexity index is 1210. The third-order valence-corrected chi connectivity index (χ3v) is 5.91. The van der Waals surface area contributed by atoms with E-state index in [0.717, 1.165) is 47.2 Å². The molecule has 0 saturated carbocycles. The first-order chi connectivity index (χ1) is 16.2. The van der Waals surface area contributed by atoms with Gasteiger partial charge in [-0.2, -0.15) is 4.98 Å². The fourth-order valence-corrected chi connectivity index (χ4v) is 4.12. The quantitative estimate of drug-likeness (QED) is 0.406. The first-order valence-corrected chi connectivity index (χ1v) is 11.8. The second kappa shape index (κ2) is 9.95. The fraction of sp³-hybridized carbons (Fsp3) is 0.360. The number of anilines is 4. The Morgan fingerprint density at radius 1 is 1.15 bits per heavy atom. The van der Waals surface area contributed by atoms with Crippen molar-refractivity contribution in [2.45, 2.75) is 46.1 Å². The summed E-state index contributed by atoms with van der Waals surface area (Å²) in [5.74, 6) is 0.519. The maximum Gasteiger partial charge on any atom is 0.256 e. The molecule has 2 aromatic heterocycles. The Morgan fingerprint density at radius 2 is 1.97 bits per heavy atom. The average Bonchev–Trinajstić information content (AvgIpc) is 2.79. The van der Waals surface area contributed by atoms with E-state index in [1.807, 2.05) is 25.1 Å². The Kier molecular flexibility index (Phi) is 7.00. The highest BCUT2D eigenvalue weighted by Crippen LogP contribution is 2.30. The van der Waals surface area contributed by atoms with Crippen LogP contribution in [0.1, 0.15) is 54.9 Å². The van der Waals surface area contributed by atoms with Crippen molar-refractivity contribution >= 4 is 40.6 Å². The van der Waals surface area contributed by atoms with Gasteiger partial charge in [-0.1, -0.05) is 32.4 Å². The van der Waals surface area contributed by atoms with Crippen molar-refractivity contribution in [1.82, 2.24) is 25.6 Å². The molecule has 34 heavy (non-hydrogen) atoms. The maximum atomic E-state index is 12.7. The minimum atomic E-state index is -0.246. The number of carbonyl (C=O) groups is 1. The molecule has 1 aromatic carbocycles. The molecule has 0 fully saturated rings. The second-order valence-electron chi connectivity index (χ2n) is 9.27. The van der Waals surface area contributed by atoms with Gasteiger partial charge in [0.2, 0.25) is 5.95 Å². The number of carbonyl (C=O) groups excluding carboxylic acids is 1. The molecule has 178 valence electrons. The second-order valence-corrected chi connectivity index (χ2v) is 9.67. The van der Waals surface area contributed by atoms with E-state index in [-0.39, 0.29) is 11.3 Å². The minimum absolute atomic E-state index is 0.112. The zero-order chi connectivity index (χ0) is 24.3. The van der Waals surface area contributed by atoms with Crippen LogP contribution in [0.25, 0.3) is 0 Å². The number of rotatable bonds is 6. The van der Waals surface area contributed by atoms with E-state index in [1.165, 1.54) is 11.8 Å². The lowest BCUT2D eigenvalue weighted by molar-refractivity contribution is 0.0956. The molecule has 0 saturated heterocycles. The summed E-state index contributed by atoms with van der Waals surface area (Å²) in [6.07, 6.45) is 4.18. The molecular weight excluding hydrogens is 450 g/mol. The number of nitrogens with one attached hydrogen (secondary N) is 4. The summed E-state index contributed by atoms with van der Waals surface area (Å²) in [4.78, 5) is 26.2. The zero-order valence-electron chi connectivity index (χ0n) is 19.9. The van der Waals surface area contributed by atoms with Gasteiger partial charge in [0.05, 0.1) is 0 Å². The first kappa shape index (κ1) is 23.9. The van der Waals surface area contributed by atoms with Crippen molar-refractivity contribution in [2.75, 3.05) is 23.7 Å². The van der Waals surface area contributed by atoms with E-state index in [1.54, 1.807) is 6.20 Å². The molecule has 8 nitrogen and oxygen atoms in total. The molecule has 1 amide bonds. The highest BCUT2D eigenvalue weighted by Gasteiger charge is 2.19. The molecule has 4 rings (SSSR count). The van der Waals surface area contributed by atoms with E-state index in [9.17, 15) is 4.79 Å². The summed E-state index contributed by atoms with van der Waals surface area (Å²) < 4.78 is 0. The van der Waals surface area contributed by atoms with Crippen molar-refractivity contribution in [3.05, 3.63) is 64.1 Å². The van der Waals surface area contributed by atoms with Gasteiger partial charge in [0.25, 0.3) is 5.91 Å². The van der Waals surface area contributed by atoms with Crippen LogP contribution in [0.5, 0.6) is 0 Å². The van der Waals surface area contributed by atoms with Gasteiger partial charge in [-0.05, 0) is 55.3 Å². The Labute approximate surface area is 205 Å². The molecule has 4 N–H and O–H groups in total. The Morgan fingerprint density at radius 3 is 2.74 bits per heavy atom. The zero-order valence-corrected chi connectivity index (χ0v) is 20.7. The van der Waals surface area contributed by atoms with Gasteiger partial charge in [-0.25, -0.2) is 4.98 Å². The van der Waals surface area contributed by atoms with Crippen LogP contribution in [-0.4, -0.2) is 33.9 Å². The lowest BCUT2D eigenvalue weighted by atomic mass is 9.91. The fourth-order valence-electron chi connectivity index (χ4n) is 3.78. The van der Waals surface area contributed by atoms with Crippen molar-refractivity contribution in [3.63, 3.8) is 0 Å². The topological polar surface area (TPSA) is 104 Å². The number of fused-ring (bicyclic) bond motifs is 1. The van der Waals surface area contributed by atoms with E-state index < -0.39 is 0 Å². The minimum Gasteiger partial charge on any atom is -0.352 e. The van der Waals surface area contributed by atoms with Gasteiger partial charge in [-0.15, -0.1) is 0 Å². The molecule has 0 spiro atoms. The van der Waals surface area contributed by atoms with Gasteiger partial charge in [0, 0.05) is 53.0 Å². The molecule has 1 aliphatic heterocycles. The standard InChI is InChI=1S/C25H30ClN7O/c1-5-28-23(34)19-14-30-24(32-17-10-15-13-27-8-7-18(15)20(26)11-17)33-22(19)31-16-6-9-29-21(12-16)25(2,3)4/h6,9-12,14,27H,5,7-8,13H2,1-4H3,(H,28,34)(H2,29,30,31,32,33). The van der Waals surface area contributed by atoms with Crippen molar-refractivity contribution < 1.29 is 4.79 Å². The van der Waals surface area contributed by atoms with Crippen molar-refractivity contribution in [1.29, 1.82) is 0 Å². The molecule has 0 unspecified atom stereocenters. The van der Waals surface area contributed by atoms with Crippen LogP contribution in [0.2, 0.25) is 5.02 Å². The summed E-state index contributed by atoms with van der Waals surface area (Å²) in [5.41, 5.74) is 5.09. The van der Waals surface area contributed by atoms with Gasteiger partial charge >= 0.3 is 0 Å². The smallest absolute Gasteiger partial charge is 0.256 e. The van der Waals surface area contributed by atoms with Crippen LogP contribution in [0, 0.1) is 0 Å². The molecule has 9 heteroatoms. The van der Waals surface area contributed by atoms with Gasteiger partial charge in [0.1, 0.15) is 11.4 Å². The van der Waals surface area contributed by atoms with E-state index in [0.29, 0.717) is 23.9 Å². The monoisotopic (exact) mass is 479 g/mol. The highest BCUT2D eigenvalue weighted by atomic mass is 35.5. The molecule has 0 atom stereocenters. The molecule has 1 aliphatic rings. The molecule has 3 aromatic rings. The van der Waals surface area contributed by atoms with Crippen molar-refractivity contribution in [3.8, 4) is 0 Å².